The Morgan fingerprint density at radius 1 is 1.24 bits per heavy atom. The van der Waals surface area contributed by atoms with Crippen LogP contribution in [0.3, 0.4) is 0 Å². The molecule has 1 aliphatic rings. The minimum absolute atomic E-state index is 0.304. The van der Waals surface area contributed by atoms with Gasteiger partial charge in [0.05, 0.1) is 0 Å². The number of rotatable bonds is 7. The lowest BCUT2D eigenvalue weighted by Crippen LogP contribution is -2.36. The monoisotopic (exact) mass is 241 g/mol. The van der Waals surface area contributed by atoms with Gasteiger partial charge < -0.3 is 10.5 Å². The van der Waals surface area contributed by atoms with Crippen molar-refractivity contribution < 1.29 is 4.74 Å². The zero-order valence-corrected chi connectivity index (χ0v) is 12.0. The van der Waals surface area contributed by atoms with E-state index < -0.39 is 0 Å². The Kier molecular flexibility index (Phi) is 6.50. The van der Waals surface area contributed by atoms with Crippen molar-refractivity contribution >= 4 is 0 Å². The molecule has 2 N–H and O–H groups in total. The van der Waals surface area contributed by atoms with Crippen LogP contribution in [0.5, 0.6) is 0 Å². The third kappa shape index (κ3) is 5.39. The van der Waals surface area contributed by atoms with Gasteiger partial charge >= 0.3 is 0 Å². The lowest BCUT2D eigenvalue weighted by atomic mass is 9.80. The highest BCUT2D eigenvalue weighted by atomic mass is 16.5. The van der Waals surface area contributed by atoms with Crippen LogP contribution in [-0.2, 0) is 4.74 Å². The van der Waals surface area contributed by atoms with Gasteiger partial charge in [0.15, 0.2) is 0 Å². The van der Waals surface area contributed by atoms with Gasteiger partial charge in [-0.25, -0.2) is 0 Å². The maximum absolute atomic E-state index is 6.26. The molecule has 0 spiro atoms. The molecule has 0 radical (unpaired) electrons. The second-order valence-corrected chi connectivity index (χ2v) is 6.29. The normalized spacial score (nSPS) is 20.5. The Morgan fingerprint density at radius 2 is 1.88 bits per heavy atom. The smallest absolute Gasteiger partial charge is 0.0468 e. The molecule has 0 amide bonds. The first-order valence-electron chi connectivity index (χ1n) is 7.39. The Morgan fingerprint density at radius 3 is 2.47 bits per heavy atom. The summed E-state index contributed by atoms with van der Waals surface area (Å²) in [5.74, 6) is 0.916. The summed E-state index contributed by atoms with van der Waals surface area (Å²) < 4.78 is 5.38. The minimum atomic E-state index is 0.304. The maximum atomic E-state index is 6.26. The molecule has 1 heterocycles. The van der Waals surface area contributed by atoms with Crippen LogP contribution in [0.2, 0.25) is 0 Å². The molecule has 2 nitrogen and oxygen atoms in total. The van der Waals surface area contributed by atoms with Crippen molar-refractivity contribution in [2.45, 2.75) is 71.8 Å². The van der Waals surface area contributed by atoms with E-state index in [0.717, 1.165) is 19.1 Å². The molecule has 0 aromatic carbocycles. The Hall–Kier alpha value is -0.0800. The van der Waals surface area contributed by atoms with Crippen molar-refractivity contribution in [1.29, 1.82) is 0 Å². The maximum Gasteiger partial charge on any atom is 0.0468 e. The molecule has 0 aromatic heterocycles. The van der Waals surface area contributed by atoms with Crippen molar-refractivity contribution in [3.8, 4) is 0 Å². The highest BCUT2D eigenvalue weighted by Crippen LogP contribution is 2.27. The molecule has 0 saturated carbocycles. The Labute approximate surface area is 107 Å². The molecule has 1 fully saturated rings. The second-order valence-electron chi connectivity index (χ2n) is 6.29. The summed E-state index contributed by atoms with van der Waals surface area (Å²) in [7, 11) is 0. The third-order valence-corrected chi connectivity index (χ3v) is 4.63. The molecule has 17 heavy (non-hydrogen) atoms. The first-order chi connectivity index (χ1) is 8.06. The molecular formula is C15H31NO. The van der Waals surface area contributed by atoms with Crippen LogP contribution in [0.4, 0.5) is 0 Å². The summed E-state index contributed by atoms with van der Waals surface area (Å²) in [6, 6.07) is 0.363. The van der Waals surface area contributed by atoms with Crippen molar-refractivity contribution in [3.05, 3.63) is 0 Å². The standard InChI is InChI=1S/C15H31NO/c1-4-15(2,3)14(16)8-6-5-7-13-9-11-17-12-10-13/h13-14H,4-12,16H2,1-3H3. The third-order valence-electron chi connectivity index (χ3n) is 4.63. The van der Waals surface area contributed by atoms with E-state index >= 15 is 0 Å². The van der Waals surface area contributed by atoms with Crippen LogP contribution in [0.25, 0.3) is 0 Å². The molecule has 1 aliphatic heterocycles. The van der Waals surface area contributed by atoms with Crippen LogP contribution in [-0.4, -0.2) is 19.3 Å². The molecule has 1 unspecified atom stereocenters. The first kappa shape index (κ1) is 15.0. The van der Waals surface area contributed by atoms with Crippen LogP contribution in [0.15, 0.2) is 0 Å². The van der Waals surface area contributed by atoms with E-state index in [1.165, 1.54) is 44.9 Å². The fraction of sp³-hybridized carbons (Fsp3) is 1.00. The van der Waals surface area contributed by atoms with Gasteiger partial charge in [-0.05, 0) is 37.0 Å². The summed E-state index contributed by atoms with van der Waals surface area (Å²) >= 11 is 0. The molecule has 0 aromatic rings. The fourth-order valence-corrected chi connectivity index (χ4v) is 2.49. The average Bonchev–Trinajstić information content (AvgIpc) is 2.35. The van der Waals surface area contributed by atoms with Crippen LogP contribution < -0.4 is 5.73 Å². The van der Waals surface area contributed by atoms with Gasteiger partial charge in [0.25, 0.3) is 0 Å². The van der Waals surface area contributed by atoms with Crippen molar-refractivity contribution in [2.75, 3.05) is 13.2 Å². The van der Waals surface area contributed by atoms with E-state index in [4.69, 9.17) is 10.5 Å². The fourth-order valence-electron chi connectivity index (χ4n) is 2.49. The quantitative estimate of drug-likeness (QED) is 0.689. The second kappa shape index (κ2) is 7.38. The van der Waals surface area contributed by atoms with Gasteiger partial charge in [-0.15, -0.1) is 0 Å². The van der Waals surface area contributed by atoms with Crippen molar-refractivity contribution in [1.82, 2.24) is 0 Å². The van der Waals surface area contributed by atoms with Crippen molar-refractivity contribution in [3.63, 3.8) is 0 Å². The van der Waals surface area contributed by atoms with E-state index in [0.29, 0.717) is 11.5 Å². The lowest BCUT2D eigenvalue weighted by molar-refractivity contribution is 0.0629. The molecule has 0 aliphatic carbocycles. The van der Waals surface area contributed by atoms with Crippen LogP contribution in [0, 0.1) is 11.3 Å². The zero-order valence-electron chi connectivity index (χ0n) is 12.0. The molecular weight excluding hydrogens is 210 g/mol. The molecule has 0 bridgehead atoms. The average molecular weight is 241 g/mol. The van der Waals surface area contributed by atoms with E-state index in [9.17, 15) is 0 Å². The highest BCUT2D eigenvalue weighted by molar-refractivity contribution is 4.80. The van der Waals surface area contributed by atoms with Gasteiger partial charge in [0.2, 0.25) is 0 Å². The van der Waals surface area contributed by atoms with E-state index in [1.807, 2.05) is 0 Å². The lowest BCUT2D eigenvalue weighted by Gasteiger charge is -2.30. The Balaban J connectivity index is 2.07. The first-order valence-corrected chi connectivity index (χ1v) is 7.39. The minimum Gasteiger partial charge on any atom is -0.381 e. The van der Waals surface area contributed by atoms with Crippen LogP contribution in [0.1, 0.15) is 65.7 Å². The summed E-state index contributed by atoms with van der Waals surface area (Å²) in [5, 5.41) is 0. The topological polar surface area (TPSA) is 35.2 Å². The molecule has 1 atom stereocenters. The number of hydrogen-bond donors (Lipinski definition) is 1. The van der Waals surface area contributed by atoms with E-state index in [-0.39, 0.29) is 0 Å². The SMILES string of the molecule is CCC(C)(C)C(N)CCCCC1CCOCC1. The predicted octanol–water partition coefficient (Wildman–Crippen LogP) is 3.74. The summed E-state index contributed by atoms with van der Waals surface area (Å²) in [6.45, 7) is 8.77. The van der Waals surface area contributed by atoms with E-state index in [1.54, 1.807) is 0 Å². The van der Waals surface area contributed by atoms with Gasteiger partial charge in [0, 0.05) is 19.3 Å². The molecule has 102 valence electrons. The number of hydrogen-bond acceptors (Lipinski definition) is 2. The van der Waals surface area contributed by atoms with Gasteiger partial charge in [-0.2, -0.15) is 0 Å². The summed E-state index contributed by atoms with van der Waals surface area (Å²) in [5.41, 5.74) is 6.57. The Bertz CT molecular complexity index is 197. The van der Waals surface area contributed by atoms with E-state index in [2.05, 4.69) is 20.8 Å². The van der Waals surface area contributed by atoms with Gasteiger partial charge in [-0.1, -0.05) is 40.0 Å². The van der Waals surface area contributed by atoms with Gasteiger partial charge in [-0.3, -0.25) is 0 Å². The largest absolute Gasteiger partial charge is 0.381 e. The van der Waals surface area contributed by atoms with Crippen LogP contribution >= 0.6 is 0 Å². The highest BCUT2D eigenvalue weighted by Gasteiger charge is 2.23. The number of nitrogens with two attached hydrogens (primary N) is 1. The number of ether oxygens (including phenoxy) is 1. The predicted molar refractivity (Wildman–Crippen MR) is 74.1 cm³/mol. The van der Waals surface area contributed by atoms with Crippen molar-refractivity contribution in [2.24, 2.45) is 17.1 Å². The van der Waals surface area contributed by atoms with Gasteiger partial charge in [0.1, 0.15) is 0 Å². The summed E-state index contributed by atoms with van der Waals surface area (Å²) in [4.78, 5) is 0. The molecule has 2 heteroatoms. The number of unbranched alkanes of at least 4 members (excludes halogenated alkanes) is 1. The zero-order chi connectivity index (χ0) is 12.7. The summed E-state index contributed by atoms with van der Waals surface area (Å²) in [6.07, 6.45) is 8.92. The molecule has 1 saturated heterocycles. The molecule has 1 rings (SSSR count).